The van der Waals surface area contributed by atoms with Gasteiger partial charge in [-0.3, -0.25) is 0 Å². The molecule has 0 saturated heterocycles. The Morgan fingerprint density at radius 2 is 1.08 bits per heavy atom. The van der Waals surface area contributed by atoms with E-state index in [9.17, 15) is 0 Å². The topological polar surface area (TPSA) is 12.0 Å². The molecule has 0 amide bonds. The molecule has 1 nitrogen and oxygen atoms in total. The molecule has 1 N–H and O–H groups in total. The summed E-state index contributed by atoms with van der Waals surface area (Å²) in [5.41, 5.74) is 1.24. The fourth-order valence-corrected chi connectivity index (χ4v) is 3.12. The summed E-state index contributed by atoms with van der Waals surface area (Å²) >= 11 is 0. The van der Waals surface area contributed by atoms with Crippen molar-refractivity contribution in [3.8, 4) is 0 Å². The summed E-state index contributed by atoms with van der Waals surface area (Å²) in [6.45, 7) is 9.48. The zero-order chi connectivity index (χ0) is 9.69. The number of hydrogen-bond donors (Lipinski definition) is 1. The quantitative estimate of drug-likeness (QED) is 0.690. The van der Waals surface area contributed by atoms with Crippen molar-refractivity contribution < 1.29 is 0 Å². The predicted molar refractivity (Wildman–Crippen MR) is 56.7 cm³/mol. The van der Waals surface area contributed by atoms with Gasteiger partial charge in [0.15, 0.2) is 0 Å². The van der Waals surface area contributed by atoms with E-state index in [4.69, 9.17) is 0 Å². The SMILES string of the molecule is CC1(C)CC(NC2CC(C)(C)C2)C1. The molecule has 2 fully saturated rings. The summed E-state index contributed by atoms with van der Waals surface area (Å²) in [7, 11) is 0. The van der Waals surface area contributed by atoms with Crippen LogP contribution in [0.15, 0.2) is 0 Å². The first kappa shape index (κ1) is 9.51. The van der Waals surface area contributed by atoms with Gasteiger partial charge in [0.25, 0.3) is 0 Å². The maximum Gasteiger partial charge on any atom is 0.00798 e. The van der Waals surface area contributed by atoms with Gasteiger partial charge in [0.2, 0.25) is 0 Å². The number of nitrogens with one attached hydrogen (secondary N) is 1. The van der Waals surface area contributed by atoms with Crippen molar-refractivity contribution in [2.45, 2.75) is 65.5 Å². The Morgan fingerprint density at radius 1 is 0.769 bits per heavy atom. The van der Waals surface area contributed by atoms with Crippen molar-refractivity contribution in [3.05, 3.63) is 0 Å². The lowest BCUT2D eigenvalue weighted by Crippen LogP contribution is -2.55. The smallest absolute Gasteiger partial charge is 0.00798 e. The highest BCUT2D eigenvalue weighted by Gasteiger charge is 2.41. The lowest BCUT2D eigenvalue weighted by Gasteiger charge is -2.50. The van der Waals surface area contributed by atoms with Crippen LogP contribution in [0.3, 0.4) is 0 Å². The maximum atomic E-state index is 3.76. The molecule has 0 aromatic carbocycles. The van der Waals surface area contributed by atoms with Crippen LogP contribution in [0.5, 0.6) is 0 Å². The molecule has 76 valence electrons. The summed E-state index contributed by atoms with van der Waals surface area (Å²) in [5.74, 6) is 0. The maximum absolute atomic E-state index is 3.76. The van der Waals surface area contributed by atoms with Crippen molar-refractivity contribution in [3.63, 3.8) is 0 Å². The van der Waals surface area contributed by atoms with Crippen LogP contribution in [0.1, 0.15) is 53.4 Å². The zero-order valence-electron chi connectivity index (χ0n) is 9.48. The molecule has 2 aliphatic carbocycles. The minimum absolute atomic E-state index is 0.622. The first-order chi connectivity index (χ1) is 5.86. The molecule has 0 radical (unpaired) electrons. The van der Waals surface area contributed by atoms with Crippen molar-refractivity contribution in [2.75, 3.05) is 0 Å². The largest absolute Gasteiger partial charge is 0.311 e. The summed E-state index contributed by atoms with van der Waals surface area (Å²) in [6, 6.07) is 1.66. The highest BCUT2D eigenvalue weighted by Crippen LogP contribution is 2.44. The fraction of sp³-hybridized carbons (Fsp3) is 1.00. The molecular formula is C12H23N. The monoisotopic (exact) mass is 181 g/mol. The van der Waals surface area contributed by atoms with Crippen LogP contribution in [-0.4, -0.2) is 12.1 Å². The van der Waals surface area contributed by atoms with Crippen molar-refractivity contribution >= 4 is 0 Å². The van der Waals surface area contributed by atoms with Crippen LogP contribution < -0.4 is 5.32 Å². The van der Waals surface area contributed by atoms with Crippen LogP contribution in [0.2, 0.25) is 0 Å². The molecule has 0 unspecified atom stereocenters. The molecule has 0 spiro atoms. The second-order valence-corrected chi connectivity index (χ2v) is 6.71. The van der Waals surface area contributed by atoms with Crippen molar-refractivity contribution in [2.24, 2.45) is 10.8 Å². The van der Waals surface area contributed by atoms with Crippen LogP contribution in [-0.2, 0) is 0 Å². The van der Waals surface area contributed by atoms with Crippen LogP contribution in [0, 0.1) is 10.8 Å². The lowest BCUT2D eigenvalue weighted by atomic mass is 9.65. The average Bonchev–Trinajstić information content (AvgIpc) is 1.78. The molecule has 0 aromatic heterocycles. The molecule has 13 heavy (non-hydrogen) atoms. The fourth-order valence-electron chi connectivity index (χ4n) is 3.12. The van der Waals surface area contributed by atoms with E-state index in [-0.39, 0.29) is 0 Å². The second kappa shape index (κ2) is 2.73. The van der Waals surface area contributed by atoms with Crippen LogP contribution in [0.4, 0.5) is 0 Å². The summed E-state index contributed by atoms with van der Waals surface area (Å²) < 4.78 is 0. The van der Waals surface area contributed by atoms with E-state index in [1.807, 2.05) is 0 Å². The Balaban J connectivity index is 1.66. The highest BCUT2D eigenvalue weighted by molar-refractivity contribution is 4.98. The number of rotatable bonds is 2. The van der Waals surface area contributed by atoms with E-state index in [1.165, 1.54) is 25.7 Å². The van der Waals surface area contributed by atoms with E-state index in [2.05, 4.69) is 33.0 Å². The van der Waals surface area contributed by atoms with Crippen molar-refractivity contribution in [1.29, 1.82) is 0 Å². The second-order valence-electron chi connectivity index (χ2n) is 6.71. The van der Waals surface area contributed by atoms with Gasteiger partial charge in [0.1, 0.15) is 0 Å². The van der Waals surface area contributed by atoms with Gasteiger partial charge in [0.05, 0.1) is 0 Å². The van der Waals surface area contributed by atoms with Crippen molar-refractivity contribution in [1.82, 2.24) is 5.32 Å². The first-order valence-electron chi connectivity index (χ1n) is 5.62. The van der Waals surface area contributed by atoms with Gasteiger partial charge in [-0.05, 0) is 36.5 Å². The predicted octanol–water partition coefficient (Wildman–Crippen LogP) is 2.95. The molecule has 0 heterocycles. The minimum Gasteiger partial charge on any atom is -0.311 e. The molecule has 2 rings (SSSR count). The van der Waals surface area contributed by atoms with E-state index >= 15 is 0 Å². The van der Waals surface area contributed by atoms with Gasteiger partial charge < -0.3 is 5.32 Å². The molecule has 0 atom stereocenters. The van der Waals surface area contributed by atoms with Crippen LogP contribution >= 0.6 is 0 Å². The number of hydrogen-bond acceptors (Lipinski definition) is 1. The standard InChI is InChI=1S/C12H23N/c1-11(2)5-9(6-11)13-10-7-12(3,4)8-10/h9-10,13H,5-8H2,1-4H3. The van der Waals surface area contributed by atoms with Crippen LogP contribution in [0.25, 0.3) is 0 Å². The summed E-state index contributed by atoms with van der Waals surface area (Å²) in [4.78, 5) is 0. The highest BCUT2D eigenvalue weighted by atomic mass is 15.0. The van der Waals surface area contributed by atoms with Gasteiger partial charge in [-0.1, -0.05) is 27.7 Å². The Bertz CT molecular complexity index is 167. The normalized spacial score (nSPS) is 32.3. The Kier molecular flexibility index (Phi) is 1.99. The molecule has 0 aromatic rings. The Labute approximate surface area is 82.3 Å². The molecular weight excluding hydrogens is 158 g/mol. The van der Waals surface area contributed by atoms with E-state index in [0.29, 0.717) is 10.8 Å². The zero-order valence-corrected chi connectivity index (χ0v) is 9.48. The van der Waals surface area contributed by atoms with Gasteiger partial charge in [0, 0.05) is 12.1 Å². The third-order valence-electron chi connectivity index (χ3n) is 3.67. The van der Waals surface area contributed by atoms with E-state index < -0.39 is 0 Å². The van der Waals surface area contributed by atoms with Gasteiger partial charge in [-0.2, -0.15) is 0 Å². The molecule has 1 heteroatoms. The third kappa shape index (κ3) is 2.07. The Hall–Kier alpha value is -0.0400. The molecule has 0 bridgehead atoms. The van der Waals surface area contributed by atoms with Gasteiger partial charge in [-0.15, -0.1) is 0 Å². The summed E-state index contributed by atoms with van der Waals surface area (Å²) in [5, 5.41) is 3.76. The third-order valence-corrected chi connectivity index (χ3v) is 3.67. The van der Waals surface area contributed by atoms with E-state index in [0.717, 1.165) is 12.1 Å². The minimum atomic E-state index is 0.622. The lowest BCUT2D eigenvalue weighted by molar-refractivity contribution is 0.0607. The van der Waals surface area contributed by atoms with Gasteiger partial charge >= 0.3 is 0 Å². The average molecular weight is 181 g/mol. The summed E-state index contributed by atoms with van der Waals surface area (Å²) in [6.07, 6.45) is 5.52. The first-order valence-corrected chi connectivity index (χ1v) is 5.62. The Morgan fingerprint density at radius 3 is 1.31 bits per heavy atom. The molecule has 2 saturated carbocycles. The van der Waals surface area contributed by atoms with Gasteiger partial charge in [-0.25, -0.2) is 0 Å². The van der Waals surface area contributed by atoms with E-state index in [1.54, 1.807) is 0 Å². The molecule has 0 aliphatic heterocycles. The molecule has 2 aliphatic rings.